The molecule has 0 bridgehead atoms. The van der Waals surface area contributed by atoms with Gasteiger partial charge in [-0.1, -0.05) is 24.3 Å². The van der Waals surface area contributed by atoms with Crippen LogP contribution in [0, 0.1) is 6.92 Å². The summed E-state index contributed by atoms with van der Waals surface area (Å²) < 4.78 is 44.4. The van der Waals surface area contributed by atoms with E-state index in [0.29, 0.717) is 19.0 Å². The molecule has 0 unspecified atom stereocenters. The Hall–Kier alpha value is -1.97. The molecule has 7 nitrogen and oxygen atoms in total. The smallest absolute Gasteiger partial charge is 0.240 e. The molecule has 0 amide bonds. The second kappa shape index (κ2) is 10.9. The lowest BCUT2D eigenvalue weighted by Crippen LogP contribution is -2.36. The highest BCUT2D eigenvalue weighted by Gasteiger charge is 2.17. The van der Waals surface area contributed by atoms with Gasteiger partial charge in [0.25, 0.3) is 0 Å². The quantitative estimate of drug-likeness (QED) is 0.579. The molecule has 0 atom stereocenters. The second-order valence-electron chi connectivity index (χ2n) is 7.25. The predicted octanol–water partition coefficient (Wildman–Crippen LogP) is 2.33. The SMILES string of the molecule is COCCOc1ccc(S(=O)(=O)NCc2ccccc2CN2CCOCC2)cc1C. The van der Waals surface area contributed by atoms with Gasteiger partial charge in [-0.15, -0.1) is 0 Å². The van der Waals surface area contributed by atoms with Crippen LogP contribution < -0.4 is 9.46 Å². The van der Waals surface area contributed by atoms with E-state index in [4.69, 9.17) is 14.2 Å². The number of aryl methyl sites for hydroxylation is 1. The Balaban J connectivity index is 1.65. The predicted molar refractivity (Wildman–Crippen MR) is 115 cm³/mol. The van der Waals surface area contributed by atoms with E-state index in [-0.39, 0.29) is 11.4 Å². The zero-order chi connectivity index (χ0) is 21.4. The first kappa shape index (κ1) is 22.7. The Bertz CT molecular complexity index is 927. The number of methoxy groups -OCH3 is 1. The normalized spacial score (nSPS) is 15.3. The van der Waals surface area contributed by atoms with Crippen molar-refractivity contribution in [2.75, 3.05) is 46.6 Å². The van der Waals surface area contributed by atoms with Crippen molar-refractivity contribution in [3.8, 4) is 5.75 Å². The highest BCUT2D eigenvalue weighted by atomic mass is 32.2. The minimum Gasteiger partial charge on any atom is -0.491 e. The lowest BCUT2D eigenvalue weighted by atomic mass is 10.1. The summed E-state index contributed by atoms with van der Waals surface area (Å²) in [6.07, 6.45) is 0. The van der Waals surface area contributed by atoms with Crippen LogP contribution in [0.5, 0.6) is 5.75 Å². The Morgan fingerprint density at radius 3 is 2.50 bits per heavy atom. The number of ether oxygens (including phenoxy) is 3. The topological polar surface area (TPSA) is 77.1 Å². The van der Waals surface area contributed by atoms with Crippen LogP contribution in [0.1, 0.15) is 16.7 Å². The standard InChI is InChI=1S/C22H30N2O5S/c1-18-15-21(7-8-22(18)29-14-13-27-2)30(25,26)23-16-19-5-3-4-6-20(19)17-24-9-11-28-12-10-24/h3-8,15,23H,9-14,16-17H2,1-2H3. The van der Waals surface area contributed by atoms with Crippen molar-refractivity contribution >= 4 is 10.0 Å². The third-order valence-corrected chi connectivity index (χ3v) is 6.47. The largest absolute Gasteiger partial charge is 0.491 e. The maximum absolute atomic E-state index is 12.8. The summed E-state index contributed by atoms with van der Waals surface area (Å²) in [5.74, 6) is 0.654. The van der Waals surface area contributed by atoms with E-state index in [1.54, 1.807) is 25.3 Å². The number of nitrogens with one attached hydrogen (secondary N) is 1. The number of nitrogens with zero attached hydrogens (tertiary/aromatic N) is 1. The van der Waals surface area contributed by atoms with Gasteiger partial charge in [-0.3, -0.25) is 4.90 Å². The summed E-state index contributed by atoms with van der Waals surface area (Å²) in [4.78, 5) is 2.55. The molecule has 2 aromatic rings. The van der Waals surface area contributed by atoms with Gasteiger partial charge in [0.15, 0.2) is 0 Å². The fraction of sp³-hybridized carbons (Fsp3) is 0.455. The second-order valence-corrected chi connectivity index (χ2v) is 9.02. The fourth-order valence-electron chi connectivity index (χ4n) is 3.33. The number of rotatable bonds is 10. The van der Waals surface area contributed by atoms with Crippen LogP contribution in [-0.4, -0.2) is 59.9 Å². The molecule has 1 N–H and O–H groups in total. The molecule has 1 fully saturated rings. The average Bonchev–Trinajstić information content (AvgIpc) is 2.75. The molecule has 30 heavy (non-hydrogen) atoms. The fourth-order valence-corrected chi connectivity index (χ4v) is 4.42. The van der Waals surface area contributed by atoms with Crippen molar-refractivity contribution in [3.63, 3.8) is 0 Å². The van der Waals surface area contributed by atoms with Crippen molar-refractivity contribution in [1.29, 1.82) is 0 Å². The van der Waals surface area contributed by atoms with Gasteiger partial charge in [-0.05, 0) is 41.8 Å². The third-order valence-electron chi connectivity index (χ3n) is 5.07. The summed E-state index contributed by atoms with van der Waals surface area (Å²) in [6, 6.07) is 12.8. The summed E-state index contributed by atoms with van der Waals surface area (Å²) in [7, 11) is -2.03. The van der Waals surface area contributed by atoms with Gasteiger partial charge in [0, 0.05) is 33.3 Å². The monoisotopic (exact) mass is 434 g/mol. The number of morpholine rings is 1. The molecule has 0 radical (unpaired) electrons. The summed E-state index contributed by atoms with van der Waals surface area (Å²) in [5, 5.41) is 0. The maximum atomic E-state index is 12.8. The van der Waals surface area contributed by atoms with Gasteiger partial charge < -0.3 is 14.2 Å². The van der Waals surface area contributed by atoms with Gasteiger partial charge >= 0.3 is 0 Å². The lowest BCUT2D eigenvalue weighted by Gasteiger charge is -2.27. The first-order valence-corrected chi connectivity index (χ1v) is 11.6. The molecule has 0 saturated carbocycles. The lowest BCUT2D eigenvalue weighted by molar-refractivity contribution is 0.0341. The van der Waals surface area contributed by atoms with Crippen LogP contribution in [-0.2, 0) is 32.6 Å². The van der Waals surface area contributed by atoms with Gasteiger partial charge in [-0.2, -0.15) is 0 Å². The first-order chi connectivity index (χ1) is 14.5. The number of benzene rings is 2. The van der Waals surface area contributed by atoms with Gasteiger partial charge in [0.05, 0.1) is 24.7 Å². The zero-order valence-corrected chi connectivity index (χ0v) is 18.4. The molecule has 0 aliphatic carbocycles. The van der Waals surface area contributed by atoms with Crippen LogP contribution in [0.2, 0.25) is 0 Å². The molecule has 164 valence electrons. The molecule has 3 rings (SSSR count). The number of hydrogen-bond acceptors (Lipinski definition) is 6. The molecule has 8 heteroatoms. The molecule has 1 aliphatic rings. The Morgan fingerprint density at radius 2 is 1.80 bits per heavy atom. The Labute approximate surface area is 179 Å². The van der Waals surface area contributed by atoms with E-state index in [1.165, 1.54) is 0 Å². The molecule has 0 spiro atoms. The van der Waals surface area contributed by atoms with Crippen LogP contribution in [0.25, 0.3) is 0 Å². The van der Waals surface area contributed by atoms with Crippen molar-refractivity contribution in [1.82, 2.24) is 9.62 Å². The molecule has 2 aromatic carbocycles. The molecule has 1 saturated heterocycles. The van der Waals surface area contributed by atoms with Gasteiger partial charge in [-0.25, -0.2) is 13.1 Å². The summed E-state index contributed by atoms with van der Waals surface area (Å²) in [6.45, 7) is 7.00. The molecular weight excluding hydrogens is 404 g/mol. The van der Waals surface area contributed by atoms with E-state index in [9.17, 15) is 8.42 Å². The minimum absolute atomic E-state index is 0.227. The van der Waals surface area contributed by atoms with E-state index in [0.717, 1.165) is 49.5 Å². The van der Waals surface area contributed by atoms with Crippen LogP contribution in [0.15, 0.2) is 47.4 Å². The summed E-state index contributed by atoms with van der Waals surface area (Å²) in [5.41, 5.74) is 2.87. The van der Waals surface area contributed by atoms with Gasteiger partial charge in [0.2, 0.25) is 10.0 Å². The molecule has 0 aromatic heterocycles. The van der Waals surface area contributed by atoms with Crippen molar-refractivity contribution in [2.45, 2.75) is 24.9 Å². The average molecular weight is 435 g/mol. The minimum atomic E-state index is -3.64. The van der Waals surface area contributed by atoms with Crippen LogP contribution >= 0.6 is 0 Å². The van der Waals surface area contributed by atoms with Crippen molar-refractivity contribution < 1.29 is 22.6 Å². The highest BCUT2D eigenvalue weighted by Crippen LogP contribution is 2.22. The maximum Gasteiger partial charge on any atom is 0.240 e. The number of hydrogen-bond donors (Lipinski definition) is 1. The molecule has 1 aliphatic heterocycles. The molecule has 1 heterocycles. The number of sulfonamides is 1. The van der Waals surface area contributed by atoms with Crippen LogP contribution in [0.3, 0.4) is 0 Å². The first-order valence-electron chi connectivity index (χ1n) is 10.1. The van der Waals surface area contributed by atoms with Crippen molar-refractivity contribution in [2.24, 2.45) is 0 Å². The Kier molecular flexibility index (Phi) is 8.24. The van der Waals surface area contributed by atoms with Crippen molar-refractivity contribution in [3.05, 3.63) is 59.2 Å². The highest BCUT2D eigenvalue weighted by molar-refractivity contribution is 7.89. The third kappa shape index (κ3) is 6.26. The van der Waals surface area contributed by atoms with Crippen LogP contribution in [0.4, 0.5) is 0 Å². The van der Waals surface area contributed by atoms with E-state index >= 15 is 0 Å². The van der Waals surface area contributed by atoms with E-state index < -0.39 is 10.0 Å². The Morgan fingerprint density at radius 1 is 1.07 bits per heavy atom. The summed E-state index contributed by atoms with van der Waals surface area (Å²) >= 11 is 0. The molecular formula is C22H30N2O5S. The van der Waals surface area contributed by atoms with Gasteiger partial charge in [0.1, 0.15) is 12.4 Å². The zero-order valence-electron chi connectivity index (χ0n) is 17.6. The van der Waals surface area contributed by atoms with E-state index in [2.05, 4.69) is 15.7 Å². The van der Waals surface area contributed by atoms with E-state index in [1.807, 2.05) is 25.1 Å².